The van der Waals surface area contributed by atoms with Gasteiger partial charge >= 0.3 is 107 Å². The van der Waals surface area contributed by atoms with Crippen LogP contribution in [0.1, 0.15) is 51.4 Å². The van der Waals surface area contributed by atoms with Gasteiger partial charge < -0.3 is 32.3 Å². The molecule has 0 aromatic rings. The Morgan fingerprint density at radius 2 is 0.682 bits per heavy atom. The average molecular weight is 1340 g/mol. The number of hydrogen-bond donors (Lipinski definition) is 6. The predicted octanol–water partition coefficient (Wildman–Crippen LogP) is 8.68. The summed E-state index contributed by atoms with van der Waals surface area (Å²) in [5.41, 5.74) is 6.68. The number of carboxylic acids is 2. The standard InChI is InChI=1S/C37H31F34N5O9/c38-22(39,24(42,43)26(46,47)28(50,51)30(54,55)32(58,59)34(62,63)36(66,67)68)5-7-74-12(9-14(77)78)17(82)76(20(85)21(19(73)84)4-2-1-3-11(21)16(72)81)18(83)13(10-15(79)80)75-8-6-23(40,41)25(44,45)27(48,49)29(52,53)31(56,57)33(60,61)35(64,65)37(69,70)71/h11-13,74-75H,1-10H2,(H2,72,81)(H2,73,84)(H,77,78)(H,79,80)/t11?,12-,13-,21-/m0/s1. The van der Waals surface area contributed by atoms with E-state index in [9.17, 15) is 193 Å². The van der Waals surface area contributed by atoms with Gasteiger partial charge in [0.15, 0.2) is 0 Å². The number of primary amides is 2. The summed E-state index contributed by atoms with van der Waals surface area (Å²) in [6.07, 6.45) is -31.8. The number of carbonyl (C=O) groups is 7. The Balaban J connectivity index is 4.12. The van der Waals surface area contributed by atoms with Crippen LogP contribution in [0.3, 0.4) is 0 Å². The van der Waals surface area contributed by atoms with Crippen molar-refractivity contribution in [1.82, 2.24) is 15.5 Å². The number of carbonyl (C=O) groups excluding carboxylic acids is 5. The molecule has 1 aliphatic carbocycles. The first-order chi connectivity index (χ1) is 37.1. The first-order valence-corrected chi connectivity index (χ1v) is 21.5. The summed E-state index contributed by atoms with van der Waals surface area (Å²) in [5, 5.41) is 20.5. The van der Waals surface area contributed by atoms with E-state index in [0.717, 1.165) is 10.6 Å². The quantitative estimate of drug-likeness (QED) is 0.0306. The van der Waals surface area contributed by atoms with Crippen LogP contribution in [0.5, 0.6) is 0 Å². The molecule has 496 valence electrons. The minimum atomic E-state index is -9.18. The normalized spacial score (nSPS) is 19.2. The topological polar surface area (TPSA) is 239 Å². The average Bonchev–Trinajstić information content (AvgIpc) is 0.887. The van der Waals surface area contributed by atoms with E-state index in [1.54, 1.807) is 0 Å². The molecule has 1 aliphatic rings. The van der Waals surface area contributed by atoms with Gasteiger partial charge in [-0.2, -0.15) is 149 Å². The van der Waals surface area contributed by atoms with E-state index in [4.69, 9.17) is 11.5 Å². The monoisotopic (exact) mass is 1340 g/mol. The Bertz CT molecular complexity index is 2380. The second-order valence-electron chi connectivity index (χ2n) is 17.9. The largest absolute Gasteiger partial charge is 0.481 e. The van der Waals surface area contributed by atoms with Crippen LogP contribution in [-0.4, -0.2) is 177 Å². The minimum Gasteiger partial charge on any atom is -0.481 e. The molecule has 0 aromatic heterocycles. The molecule has 14 nitrogen and oxygen atoms in total. The summed E-state index contributed by atoms with van der Waals surface area (Å²) < 4.78 is 470. The molecular formula is C37H31F34N5O9. The lowest BCUT2D eigenvalue weighted by Gasteiger charge is -2.43. The van der Waals surface area contributed by atoms with Crippen LogP contribution in [0, 0.1) is 11.3 Å². The van der Waals surface area contributed by atoms with E-state index in [1.807, 2.05) is 0 Å². The molecule has 1 rings (SSSR count). The van der Waals surface area contributed by atoms with Crippen molar-refractivity contribution < 1.29 is 193 Å². The maximum atomic E-state index is 14.8. The van der Waals surface area contributed by atoms with Gasteiger partial charge in [0.1, 0.15) is 5.41 Å². The molecule has 48 heteroatoms. The molecule has 1 fully saturated rings. The molecule has 4 atom stereocenters. The highest BCUT2D eigenvalue weighted by molar-refractivity contribution is 6.21. The summed E-state index contributed by atoms with van der Waals surface area (Å²) in [7, 11) is 0. The number of nitrogens with two attached hydrogens (primary N) is 2. The molecule has 1 unspecified atom stereocenters. The molecule has 0 aliphatic heterocycles. The van der Waals surface area contributed by atoms with Gasteiger partial charge in [-0.25, -0.2) is 4.90 Å². The molecule has 8 N–H and O–H groups in total. The molecule has 1 saturated carbocycles. The van der Waals surface area contributed by atoms with Crippen LogP contribution in [0.15, 0.2) is 0 Å². The van der Waals surface area contributed by atoms with E-state index in [0.29, 0.717) is 0 Å². The van der Waals surface area contributed by atoms with Crippen molar-refractivity contribution in [2.24, 2.45) is 22.8 Å². The van der Waals surface area contributed by atoms with Crippen LogP contribution < -0.4 is 22.1 Å². The Hall–Kier alpha value is -5.77. The zero-order valence-electron chi connectivity index (χ0n) is 40.0. The van der Waals surface area contributed by atoms with Crippen LogP contribution in [0.25, 0.3) is 0 Å². The van der Waals surface area contributed by atoms with Crippen molar-refractivity contribution in [2.75, 3.05) is 13.1 Å². The number of carboxylic acid groups (broad SMARTS) is 2. The van der Waals surface area contributed by atoms with E-state index in [2.05, 4.69) is 0 Å². The highest BCUT2D eigenvalue weighted by Gasteiger charge is 2.97. The number of halogens is 34. The number of rotatable bonds is 29. The van der Waals surface area contributed by atoms with Crippen molar-refractivity contribution in [2.45, 2.75) is 159 Å². The highest BCUT2D eigenvalue weighted by Crippen LogP contribution is 2.66. The van der Waals surface area contributed by atoms with Crippen molar-refractivity contribution in [1.29, 1.82) is 0 Å². The smallest absolute Gasteiger partial charge is 0.460 e. The molecule has 0 radical (unpaired) electrons. The maximum absolute atomic E-state index is 14.8. The second kappa shape index (κ2) is 23.4. The highest BCUT2D eigenvalue weighted by atomic mass is 19.4. The predicted molar refractivity (Wildman–Crippen MR) is 198 cm³/mol. The number of alkyl halides is 34. The van der Waals surface area contributed by atoms with Gasteiger partial charge in [0.05, 0.1) is 30.8 Å². The van der Waals surface area contributed by atoms with E-state index >= 15 is 0 Å². The van der Waals surface area contributed by atoms with Crippen molar-refractivity contribution >= 4 is 41.5 Å². The number of amides is 5. The van der Waals surface area contributed by atoms with Crippen LogP contribution >= 0.6 is 0 Å². The lowest BCUT2D eigenvalue weighted by atomic mass is 9.64. The van der Waals surface area contributed by atoms with Crippen molar-refractivity contribution in [3.05, 3.63) is 0 Å². The van der Waals surface area contributed by atoms with Gasteiger partial charge in [-0.15, -0.1) is 0 Å². The number of imide groups is 3. The molecule has 0 spiro atoms. The van der Waals surface area contributed by atoms with Gasteiger partial charge in [-0.3, -0.25) is 33.6 Å². The van der Waals surface area contributed by atoms with E-state index < -0.39 is 230 Å². The van der Waals surface area contributed by atoms with Crippen LogP contribution in [-0.2, 0) is 33.6 Å². The summed E-state index contributed by atoms with van der Waals surface area (Å²) in [5.74, 6) is -143. The van der Waals surface area contributed by atoms with Crippen molar-refractivity contribution in [3.8, 4) is 0 Å². The number of hydrogen-bond acceptors (Lipinski definition) is 9. The van der Waals surface area contributed by atoms with Gasteiger partial charge in [0.25, 0.3) is 17.7 Å². The van der Waals surface area contributed by atoms with E-state index in [-0.39, 0.29) is 0 Å². The van der Waals surface area contributed by atoms with Gasteiger partial charge in [0.2, 0.25) is 11.8 Å². The molecule has 0 aromatic carbocycles. The Morgan fingerprint density at radius 1 is 0.424 bits per heavy atom. The Kier molecular flexibility index (Phi) is 21.3. The number of nitrogens with zero attached hydrogens (tertiary/aromatic N) is 1. The zero-order chi connectivity index (χ0) is 68.3. The first kappa shape index (κ1) is 77.2. The number of aliphatic carboxylic acids is 2. The fraction of sp³-hybridized carbons (Fsp3) is 0.811. The van der Waals surface area contributed by atoms with Crippen molar-refractivity contribution in [3.63, 3.8) is 0 Å². The zero-order valence-corrected chi connectivity index (χ0v) is 40.0. The number of nitrogens with one attached hydrogen (secondary N) is 2. The lowest BCUT2D eigenvalue weighted by molar-refractivity contribution is -0.461. The molecule has 0 saturated heterocycles. The fourth-order valence-corrected chi connectivity index (χ4v) is 7.39. The summed E-state index contributed by atoms with van der Waals surface area (Å²) in [4.78, 5) is 90.0. The van der Waals surface area contributed by atoms with Gasteiger partial charge in [-0.05, 0) is 12.8 Å². The summed E-state index contributed by atoms with van der Waals surface area (Å²) >= 11 is 0. The molecule has 5 amide bonds. The Morgan fingerprint density at radius 3 is 0.918 bits per heavy atom. The fourth-order valence-electron chi connectivity index (χ4n) is 7.39. The van der Waals surface area contributed by atoms with Crippen LogP contribution in [0.2, 0.25) is 0 Å². The third-order valence-electron chi connectivity index (χ3n) is 12.3. The lowest BCUT2D eigenvalue weighted by Crippen LogP contribution is -2.74. The molecular weight excluding hydrogens is 1300 g/mol. The first-order valence-electron chi connectivity index (χ1n) is 21.5. The minimum absolute atomic E-state index is 0.391. The summed E-state index contributed by atoms with van der Waals surface area (Å²) in [6, 6.07) is -7.30. The van der Waals surface area contributed by atoms with Gasteiger partial charge in [-0.1, -0.05) is 12.8 Å². The third kappa shape index (κ3) is 12.3. The van der Waals surface area contributed by atoms with E-state index in [1.165, 1.54) is 0 Å². The third-order valence-corrected chi connectivity index (χ3v) is 12.3. The molecule has 0 bridgehead atoms. The van der Waals surface area contributed by atoms with Gasteiger partial charge in [0, 0.05) is 25.9 Å². The Labute approximate surface area is 445 Å². The second-order valence-corrected chi connectivity index (χ2v) is 17.9. The maximum Gasteiger partial charge on any atom is 0.460 e. The molecule has 85 heavy (non-hydrogen) atoms. The molecule has 0 heterocycles. The summed E-state index contributed by atoms with van der Waals surface area (Å²) in [6.45, 7) is -5.60. The SMILES string of the molecule is NC(=O)C1CCCC[C@]1(C(N)=O)C(=O)N(C(=O)[C@H](CC(=O)O)NCCC(F)(F)C(F)(F)C(F)(F)C(F)(F)C(F)(F)C(F)(F)C(F)(F)C(F)(F)F)C(=O)[C@H](CC(=O)O)NCCC(F)(F)C(F)(F)C(F)(F)C(F)(F)C(F)(F)C(F)(F)C(F)(F)C(F)(F)F. The van der Waals surface area contributed by atoms with Crippen LogP contribution in [0.4, 0.5) is 149 Å².